The molecule has 3 nitrogen and oxygen atoms in total. The molecule has 9 heavy (non-hydrogen) atoms. The predicted molar refractivity (Wildman–Crippen MR) is 34.6 cm³/mol. The van der Waals surface area contributed by atoms with E-state index in [1.54, 1.807) is 0 Å². The molecule has 1 atom stereocenters. The number of aldehydes is 1. The van der Waals surface area contributed by atoms with Gasteiger partial charge in [0.15, 0.2) is 9.84 Å². The molecule has 1 unspecified atom stereocenters. The maximum atomic E-state index is 10.6. The van der Waals surface area contributed by atoms with Gasteiger partial charge in [0.2, 0.25) is 0 Å². The molecule has 0 aromatic rings. The number of rotatable bonds is 3. The monoisotopic (exact) mass is 148 g/mol. The lowest BCUT2D eigenvalue weighted by Crippen LogP contribution is -2.15. The Bertz CT molecular complexity index is 202. The largest absolute Gasteiger partial charge is 0.302 e. The number of carbonyl (C=O) groups is 1. The molecular weight excluding hydrogens is 140 g/mol. The van der Waals surface area contributed by atoms with Gasteiger partial charge in [-0.1, -0.05) is 6.58 Å². The summed E-state index contributed by atoms with van der Waals surface area (Å²) in [6.45, 7) is 4.36. The van der Waals surface area contributed by atoms with Crippen LogP contribution >= 0.6 is 0 Å². The Balaban J connectivity index is 4.54. The highest BCUT2D eigenvalue weighted by Gasteiger charge is 2.14. The summed E-state index contributed by atoms with van der Waals surface area (Å²) in [7, 11) is -3.35. The SMILES string of the molecule is C=CS(=O)(=O)C(C)C=O. The lowest BCUT2D eigenvalue weighted by molar-refractivity contribution is -0.107. The fraction of sp³-hybridized carbons (Fsp3) is 0.400. The van der Waals surface area contributed by atoms with Gasteiger partial charge in [0, 0.05) is 5.41 Å². The maximum absolute atomic E-state index is 10.6. The van der Waals surface area contributed by atoms with Crippen LogP contribution in [-0.4, -0.2) is 20.0 Å². The van der Waals surface area contributed by atoms with Gasteiger partial charge >= 0.3 is 0 Å². The quantitative estimate of drug-likeness (QED) is 0.534. The standard InChI is InChI=1S/C5H8O3S/c1-3-9(7,8)5(2)4-6/h3-5H,1H2,2H3. The Labute approximate surface area is 54.3 Å². The molecule has 0 amide bonds. The minimum atomic E-state index is -3.35. The second kappa shape index (κ2) is 2.77. The molecule has 52 valence electrons. The molecule has 0 aromatic heterocycles. The third kappa shape index (κ3) is 1.97. The van der Waals surface area contributed by atoms with Crippen LogP contribution < -0.4 is 0 Å². The molecule has 0 bridgehead atoms. The van der Waals surface area contributed by atoms with Gasteiger partial charge in [0.05, 0.1) is 0 Å². The van der Waals surface area contributed by atoms with Crippen molar-refractivity contribution in [1.29, 1.82) is 0 Å². The Kier molecular flexibility index (Phi) is 2.58. The lowest BCUT2D eigenvalue weighted by Gasteiger charge is -1.96. The average Bonchev–Trinajstić information content (AvgIpc) is 1.86. The molecule has 0 aliphatic carbocycles. The molecule has 4 heteroatoms. The zero-order valence-corrected chi connectivity index (χ0v) is 5.89. The Morgan fingerprint density at radius 2 is 2.00 bits per heavy atom. The van der Waals surface area contributed by atoms with Gasteiger partial charge in [0.25, 0.3) is 0 Å². The van der Waals surface area contributed by atoms with Crippen LogP contribution in [0.2, 0.25) is 0 Å². The lowest BCUT2D eigenvalue weighted by atomic mass is 10.5. The van der Waals surface area contributed by atoms with Crippen molar-refractivity contribution >= 4 is 16.1 Å². The summed E-state index contributed by atoms with van der Waals surface area (Å²) >= 11 is 0. The number of sulfone groups is 1. The Morgan fingerprint density at radius 3 is 2.11 bits per heavy atom. The van der Waals surface area contributed by atoms with Crippen LogP contribution in [0.15, 0.2) is 12.0 Å². The van der Waals surface area contributed by atoms with Crippen LogP contribution in [0.25, 0.3) is 0 Å². The highest BCUT2D eigenvalue weighted by atomic mass is 32.2. The molecule has 0 saturated carbocycles. The van der Waals surface area contributed by atoms with Crippen molar-refractivity contribution in [2.75, 3.05) is 0 Å². The normalized spacial score (nSPS) is 14.3. The summed E-state index contributed by atoms with van der Waals surface area (Å²) in [5, 5.41) is -0.179. The zero-order valence-electron chi connectivity index (χ0n) is 5.07. The summed E-state index contributed by atoms with van der Waals surface area (Å²) in [5.41, 5.74) is 0. The fourth-order valence-electron chi connectivity index (χ4n) is 0.229. The predicted octanol–water partition coefficient (Wildman–Crippen LogP) is 0.132. The minimum absolute atomic E-state index is 0.372. The molecular formula is C5H8O3S. The number of hydrogen-bond donors (Lipinski definition) is 0. The van der Waals surface area contributed by atoms with Gasteiger partial charge in [0.1, 0.15) is 11.5 Å². The molecule has 0 fully saturated rings. The van der Waals surface area contributed by atoms with Crippen LogP contribution in [-0.2, 0) is 14.6 Å². The van der Waals surface area contributed by atoms with Gasteiger partial charge in [-0.25, -0.2) is 8.42 Å². The summed E-state index contributed by atoms with van der Waals surface area (Å²) in [6.07, 6.45) is 0.372. The molecule has 0 radical (unpaired) electrons. The van der Waals surface area contributed by atoms with Crippen molar-refractivity contribution in [2.45, 2.75) is 12.2 Å². The van der Waals surface area contributed by atoms with E-state index >= 15 is 0 Å². The summed E-state index contributed by atoms with van der Waals surface area (Å²) < 4.78 is 21.2. The van der Waals surface area contributed by atoms with E-state index < -0.39 is 15.1 Å². The smallest absolute Gasteiger partial charge is 0.180 e. The van der Waals surface area contributed by atoms with Crippen LogP contribution in [0.3, 0.4) is 0 Å². The first-order valence-electron chi connectivity index (χ1n) is 2.36. The first-order valence-corrected chi connectivity index (χ1v) is 3.97. The summed E-state index contributed by atoms with van der Waals surface area (Å²) in [4.78, 5) is 9.88. The van der Waals surface area contributed by atoms with Crippen LogP contribution in [0.4, 0.5) is 0 Å². The second-order valence-corrected chi connectivity index (χ2v) is 3.85. The topological polar surface area (TPSA) is 51.2 Å². The first kappa shape index (κ1) is 8.36. The van der Waals surface area contributed by atoms with Crippen molar-refractivity contribution in [1.82, 2.24) is 0 Å². The van der Waals surface area contributed by atoms with Gasteiger partial charge in [-0.15, -0.1) is 0 Å². The van der Waals surface area contributed by atoms with Crippen LogP contribution in [0.5, 0.6) is 0 Å². The molecule has 0 rings (SSSR count). The van der Waals surface area contributed by atoms with Gasteiger partial charge in [-0.2, -0.15) is 0 Å². The van der Waals surface area contributed by atoms with E-state index in [2.05, 4.69) is 6.58 Å². The third-order valence-electron chi connectivity index (χ3n) is 0.942. The average molecular weight is 148 g/mol. The number of hydrogen-bond acceptors (Lipinski definition) is 3. The summed E-state index contributed by atoms with van der Waals surface area (Å²) in [5.74, 6) is 0. The van der Waals surface area contributed by atoms with Crippen LogP contribution in [0.1, 0.15) is 6.92 Å². The second-order valence-electron chi connectivity index (χ2n) is 1.60. The van der Waals surface area contributed by atoms with Crippen molar-refractivity contribution in [2.24, 2.45) is 0 Å². The summed E-state index contributed by atoms with van der Waals surface area (Å²) in [6, 6.07) is 0. The highest BCUT2D eigenvalue weighted by molar-refractivity contribution is 7.95. The Hall–Kier alpha value is -0.640. The van der Waals surface area contributed by atoms with Gasteiger partial charge in [-0.3, -0.25) is 0 Å². The van der Waals surface area contributed by atoms with Crippen molar-refractivity contribution in [3.8, 4) is 0 Å². The first-order chi connectivity index (χ1) is 4.04. The minimum Gasteiger partial charge on any atom is -0.302 e. The molecule has 0 heterocycles. The molecule has 0 saturated heterocycles. The fourth-order valence-corrected chi connectivity index (χ4v) is 0.688. The van der Waals surface area contributed by atoms with Crippen molar-refractivity contribution in [3.05, 3.63) is 12.0 Å². The molecule has 0 aliphatic rings. The van der Waals surface area contributed by atoms with E-state index in [1.165, 1.54) is 6.92 Å². The number of carbonyl (C=O) groups excluding carboxylic acids is 1. The Morgan fingerprint density at radius 1 is 1.56 bits per heavy atom. The third-order valence-corrected chi connectivity index (χ3v) is 2.55. The molecule has 0 N–H and O–H groups in total. The van der Waals surface area contributed by atoms with E-state index in [1.807, 2.05) is 0 Å². The van der Waals surface area contributed by atoms with E-state index in [-0.39, 0.29) is 0 Å². The molecule has 0 spiro atoms. The zero-order chi connectivity index (χ0) is 7.49. The van der Waals surface area contributed by atoms with E-state index in [0.29, 0.717) is 6.29 Å². The van der Waals surface area contributed by atoms with E-state index in [9.17, 15) is 13.2 Å². The maximum Gasteiger partial charge on any atom is 0.180 e. The van der Waals surface area contributed by atoms with Crippen molar-refractivity contribution < 1.29 is 13.2 Å². The van der Waals surface area contributed by atoms with Crippen LogP contribution in [0, 0.1) is 0 Å². The van der Waals surface area contributed by atoms with E-state index in [4.69, 9.17) is 0 Å². The van der Waals surface area contributed by atoms with Crippen molar-refractivity contribution in [3.63, 3.8) is 0 Å². The van der Waals surface area contributed by atoms with Gasteiger partial charge in [-0.05, 0) is 6.92 Å². The molecule has 0 aliphatic heterocycles. The van der Waals surface area contributed by atoms with Gasteiger partial charge < -0.3 is 4.79 Å². The van der Waals surface area contributed by atoms with E-state index in [0.717, 1.165) is 5.41 Å². The highest BCUT2D eigenvalue weighted by Crippen LogP contribution is 1.97. The molecule has 0 aromatic carbocycles.